The molecule has 138 valence electrons. The molecule has 3 N–H and O–H groups in total. The van der Waals surface area contributed by atoms with Gasteiger partial charge in [-0.3, -0.25) is 0 Å². The van der Waals surface area contributed by atoms with Crippen LogP contribution in [0.2, 0.25) is 0 Å². The zero-order valence-corrected chi connectivity index (χ0v) is 15.2. The maximum atomic E-state index is 11.7. The molecule has 6 heteroatoms. The number of carboxylic acid groups (broad SMARTS) is 1. The molecule has 0 unspecified atom stereocenters. The van der Waals surface area contributed by atoms with Crippen molar-refractivity contribution in [3.8, 4) is 0 Å². The van der Waals surface area contributed by atoms with E-state index in [1.54, 1.807) is 63.2 Å². The average Bonchev–Trinajstić information content (AvgIpc) is 2.57. The molecule has 0 spiro atoms. The zero-order valence-electron chi connectivity index (χ0n) is 15.2. The topological polar surface area (TPSA) is 87.7 Å². The van der Waals surface area contributed by atoms with Crippen LogP contribution in [0.5, 0.6) is 0 Å². The van der Waals surface area contributed by atoms with Crippen LogP contribution in [0.1, 0.15) is 37.9 Å². The summed E-state index contributed by atoms with van der Waals surface area (Å²) in [6.07, 6.45) is -0.497. The van der Waals surface area contributed by atoms with E-state index in [1.165, 1.54) is 0 Å². The van der Waals surface area contributed by atoms with Crippen LogP contribution in [0.3, 0.4) is 0 Å². The fourth-order valence-corrected chi connectivity index (χ4v) is 2.36. The molecule has 2 aromatic rings. The van der Waals surface area contributed by atoms with Gasteiger partial charge in [0.1, 0.15) is 5.60 Å². The first-order valence-corrected chi connectivity index (χ1v) is 8.35. The van der Waals surface area contributed by atoms with Gasteiger partial charge in [0.25, 0.3) is 0 Å². The van der Waals surface area contributed by atoms with Crippen molar-refractivity contribution in [2.45, 2.75) is 39.0 Å². The molecule has 2 rings (SSSR count). The van der Waals surface area contributed by atoms with Gasteiger partial charge in [0.2, 0.25) is 0 Å². The van der Waals surface area contributed by atoms with Gasteiger partial charge in [-0.2, -0.15) is 0 Å². The van der Waals surface area contributed by atoms with Crippen LogP contribution < -0.4 is 10.6 Å². The van der Waals surface area contributed by atoms with Crippen molar-refractivity contribution < 1.29 is 19.4 Å². The number of anilines is 1. The van der Waals surface area contributed by atoms with Crippen molar-refractivity contribution in [1.29, 1.82) is 0 Å². The van der Waals surface area contributed by atoms with Gasteiger partial charge in [0.15, 0.2) is 6.04 Å². The third kappa shape index (κ3) is 6.12. The smallest absolute Gasteiger partial charge is 0.407 e. The second-order valence-electron chi connectivity index (χ2n) is 6.88. The summed E-state index contributed by atoms with van der Waals surface area (Å²) in [5.41, 5.74) is 1.60. The van der Waals surface area contributed by atoms with Crippen LogP contribution in [0.15, 0.2) is 54.6 Å². The Balaban J connectivity index is 2.04. The second-order valence-corrected chi connectivity index (χ2v) is 6.88. The number of hydrogen-bond donors (Lipinski definition) is 3. The van der Waals surface area contributed by atoms with E-state index in [4.69, 9.17) is 4.74 Å². The highest BCUT2D eigenvalue weighted by molar-refractivity contribution is 5.79. The molecule has 1 amide bonds. The molecule has 0 bridgehead atoms. The van der Waals surface area contributed by atoms with Crippen LogP contribution in [0.25, 0.3) is 0 Å². The highest BCUT2D eigenvalue weighted by atomic mass is 16.6. The average molecular weight is 356 g/mol. The van der Waals surface area contributed by atoms with E-state index in [-0.39, 0.29) is 6.54 Å². The first-order valence-electron chi connectivity index (χ1n) is 8.35. The van der Waals surface area contributed by atoms with E-state index in [2.05, 4.69) is 10.6 Å². The molecule has 2 aromatic carbocycles. The molecular weight excluding hydrogens is 332 g/mol. The van der Waals surface area contributed by atoms with Gasteiger partial charge >= 0.3 is 12.1 Å². The van der Waals surface area contributed by atoms with E-state index in [9.17, 15) is 14.7 Å². The standard InChI is InChI=1S/C20H24N2O4/c1-20(2,3)26-19(25)21-13-14-8-7-11-16(12-14)22-17(18(23)24)15-9-5-4-6-10-15/h4-12,17,22H,13H2,1-3H3,(H,21,25)(H,23,24)/t17-/m1/s1. The first kappa shape index (κ1) is 19.3. The van der Waals surface area contributed by atoms with Gasteiger partial charge in [0.05, 0.1) is 0 Å². The number of carbonyl (C=O) groups excluding carboxylic acids is 1. The lowest BCUT2D eigenvalue weighted by molar-refractivity contribution is -0.138. The Morgan fingerprint density at radius 3 is 2.38 bits per heavy atom. The number of rotatable bonds is 6. The number of alkyl carbamates (subject to hydrolysis) is 1. The number of aliphatic carboxylic acids is 1. The highest BCUT2D eigenvalue weighted by Crippen LogP contribution is 2.21. The monoisotopic (exact) mass is 356 g/mol. The van der Waals surface area contributed by atoms with Crippen LogP contribution in [0, 0.1) is 0 Å². The molecule has 0 aliphatic heterocycles. The van der Waals surface area contributed by atoms with E-state index in [1.807, 2.05) is 12.1 Å². The van der Waals surface area contributed by atoms with Crippen molar-refractivity contribution in [3.05, 3.63) is 65.7 Å². The minimum atomic E-state index is -0.964. The predicted molar refractivity (Wildman–Crippen MR) is 100.0 cm³/mol. The normalized spacial score (nSPS) is 12.1. The second kappa shape index (κ2) is 8.38. The van der Waals surface area contributed by atoms with Crippen molar-refractivity contribution in [3.63, 3.8) is 0 Å². The van der Waals surface area contributed by atoms with E-state index >= 15 is 0 Å². The van der Waals surface area contributed by atoms with E-state index < -0.39 is 23.7 Å². The maximum Gasteiger partial charge on any atom is 0.407 e. The number of hydrogen-bond acceptors (Lipinski definition) is 4. The third-order valence-corrected chi connectivity index (χ3v) is 3.45. The lowest BCUT2D eigenvalue weighted by Crippen LogP contribution is -2.32. The summed E-state index contributed by atoms with van der Waals surface area (Å²) in [7, 11) is 0. The highest BCUT2D eigenvalue weighted by Gasteiger charge is 2.19. The summed E-state index contributed by atoms with van der Waals surface area (Å²) in [6, 6.07) is 15.4. The largest absolute Gasteiger partial charge is 0.479 e. The van der Waals surface area contributed by atoms with E-state index in [0.29, 0.717) is 11.3 Å². The van der Waals surface area contributed by atoms with Crippen LogP contribution >= 0.6 is 0 Å². The summed E-state index contributed by atoms with van der Waals surface area (Å²) in [4.78, 5) is 23.3. The number of carboxylic acids is 1. The Morgan fingerprint density at radius 2 is 1.77 bits per heavy atom. The summed E-state index contributed by atoms with van der Waals surface area (Å²) >= 11 is 0. The number of amides is 1. The summed E-state index contributed by atoms with van der Waals surface area (Å²) in [5, 5.41) is 15.2. The van der Waals surface area contributed by atoms with Gasteiger partial charge in [-0.25, -0.2) is 9.59 Å². The maximum absolute atomic E-state index is 11.7. The molecule has 26 heavy (non-hydrogen) atoms. The van der Waals surface area contributed by atoms with Gasteiger partial charge in [-0.1, -0.05) is 42.5 Å². The van der Waals surface area contributed by atoms with Gasteiger partial charge in [0, 0.05) is 12.2 Å². The Labute approximate surface area is 153 Å². The number of carbonyl (C=O) groups is 2. The molecule has 0 aliphatic carbocycles. The molecule has 0 fully saturated rings. The minimum Gasteiger partial charge on any atom is -0.479 e. The van der Waals surface area contributed by atoms with Crippen LogP contribution in [0.4, 0.5) is 10.5 Å². The van der Waals surface area contributed by atoms with Crippen LogP contribution in [-0.4, -0.2) is 22.8 Å². The SMILES string of the molecule is CC(C)(C)OC(=O)NCc1cccc(N[C@@H](C(=O)O)c2ccccc2)c1. The van der Waals surface area contributed by atoms with Gasteiger partial charge < -0.3 is 20.5 Å². The lowest BCUT2D eigenvalue weighted by atomic mass is 10.1. The fraction of sp³-hybridized carbons (Fsp3) is 0.300. The molecular formula is C20H24N2O4. The van der Waals surface area contributed by atoms with Crippen LogP contribution in [-0.2, 0) is 16.1 Å². The molecule has 0 saturated heterocycles. The molecule has 6 nitrogen and oxygen atoms in total. The molecule has 0 saturated carbocycles. The Morgan fingerprint density at radius 1 is 1.08 bits per heavy atom. The van der Waals surface area contributed by atoms with Gasteiger partial charge in [-0.15, -0.1) is 0 Å². The molecule has 1 atom stereocenters. The van der Waals surface area contributed by atoms with Gasteiger partial charge in [-0.05, 0) is 44.0 Å². The Bertz CT molecular complexity index is 754. The summed E-state index contributed by atoms with van der Waals surface area (Å²) in [5.74, 6) is -0.964. The number of nitrogens with one attached hydrogen (secondary N) is 2. The van der Waals surface area contributed by atoms with Crippen molar-refractivity contribution in [1.82, 2.24) is 5.32 Å². The van der Waals surface area contributed by atoms with Crippen molar-refractivity contribution in [2.24, 2.45) is 0 Å². The zero-order chi connectivity index (χ0) is 19.2. The summed E-state index contributed by atoms with van der Waals surface area (Å²) in [6.45, 7) is 5.68. The minimum absolute atomic E-state index is 0.285. The third-order valence-electron chi connectivity index (χ3n) is 3.45. The Kier molecular flexibility index (Phi) is 6.22. The molecule has 0 aromatic heterocycles. The first-order chi connectivity index (χ1) is 12.2. The van der Waals surface area contributed by atoms with E-state index in [0.717, 1.165) is 5.56 Å². The van der Waals surface area contributed by atoms with Crippen molar-refractivity contribution >= 4 is 17.7 Å². The predicted octanol–water partition coefficient (Wildman–Crippen LogP) is 3.95. The fourth-order valence-electron chi connectivity index (χ4n) is 2.36. The quantitative estimate of drug-likeness (QED) is 0.729. The Hall–Kier alpha value is -3.02. The lowest BCUT2D eigenvalue weighted by Gasteiger charge is -2.20. The van der Waals surface area contributed by atoms with Crippen molar-refractivity contribution in [2.75, 3.05) is 5.32 Å². The summed E-state index contributed by atoms with van der Waals surface area (Å²) < 4.78 is 5.20. The number of benzene rings is 2. The molecule has 0 heterocycles. The number of ether oxygens (including phenoxy) is 1. The molecule has 0 radical (unpaired) electrons. The molecule has 0 aliphatic rings.